The number of hydrogen-bond acceptors (Lipinski definition) is 4. The zero-order chi connectivity index (χ0) is 21.1. The Balaban J connectivity index is 1.58. The van der Waals surface area contributed by atoms with Crippen molar-refractivity contribution in [2.45, 2.75) is 37.8 Å². The number of amides is 1. The number of carbonyl (C=O) groups excluding carboxylic acids is 1. The fraction of sp³-hybridized carbons (Fsp3) is 0.400. The largest absolute Gasteiger partial charge is 0.493 e. The molecule has 0 aromatic heterocycles. The van der Waals surface area contributed by atoms with Crippen molar-refractivity contribution in [3.05, 3.63) is 71.4 Å². The molecule has 0 saturated carbocycles. The zero-order valence-corrected chi connectivity index (χ0v) is 18.0. The summed E-state index contributed by atoms with van der Waals surface area (Å²) in [6, 6.07) is 16.5. The number of likely N-dealkylation sites (N-methyl/N-ethyl adjacent to an activating group) is 1. The van der Waals surface area contributed by atoms with Gasteiger partial charge >= 0.3 is 0 Å². The second-order valence-corrected chi connectivity index (χ2v) is 8.09. The summed E-state index contributed by atoms with van der Waals surface area (Å²) in [6.07, 6.45) is 6.36. The van der Waals surface area contributed by atoms with Gasteiger partial charge in [0.15, 0.2) is 11.5 Å². The van der Waals surface area contributed by atoms with Crippen LogP contribution in [0.3, 0.4) is 0 Å². The van der Waals surface area contributed by atoms with Crippen molar-refractivity contribution in [1.29, 1.82) is 0 Å². The highest BCUT2D eigenvalue weighted by Gasteiger charge is 2.36. The molecular formula is C25H30N2O3. The third kappa shape index (κ3) is 4.08. The minimum absolute atomic E-state index is 0.0753. The van der Waals surface area contributed by atoms with Gasteiger partial charge in [-0.15, -0.1) is 0 Å². The van der Waals surface area contributed by atoms with Crippen molar-refractivity contribution in [3.8, 4) is 11.5 Å². The van der Waals surface area contributed by atoms with Gasteiger partial charge in [0.25, 0.3) is 5.91 Å². The SMILES string of the molecule is COc1ccc(CCN(C(=O)c2ccccc2)C2=C[C@H]3CC[C@@H](C2)N3C)cc1OC. The summed E-state index contributed by atoms with van der Waals surface area (Å²) in [5.74, 6) is 1.51. The first-order valence-electron chi connectivity index (χ1n) is 10.6. The third-order valence-corrected chi connectivity index (χ3v) is 6.41. The molecule has 2 aliphatic rings. The topological polar surface area (TPSA) is 42.0 Å². The van der Waals surface area contributed by atoms with Crippen LogP contribution in [0.4, 0.5) is 0 Å². The van der Waals surface area contributed by atoms with Crippen LogP contribution < -0.4 is 9.47 Å². The summed E-state index contributed by atoms with van der Waals surface area (Å²) in [5, 5.41) is 0. The van der Waals surface area contributed by atoms with Gasteiger partial charge in [-0.25, -0.2) is 0 Å². The van der Waals surface area contributed by atoms with E-state index in [9.17, 15) is 4.79 Å². The van der Waals surface area contributed by atoms with Crippen molar-refractivity contribution >= 4 is 5.91 Å². The van der Waals surface area contributed by atoms with Crippen LogP contribution in [0.2, 0.25) is 0 Å². The summed E-state index contributed by atoms with van der Waals surface area (Å²) in [6.45, 7) is 0.637. The van der Waals surface area contributed by atoms with Gasteiger partial charge in [-0.2, -0.15) is 0 Å². The van der Waals surface area contributed by atoms with Crippen molar-refractivity contribution in [2.24, 2.45) is 0 Å². The average molecular weight is 407 g/mol. The third-order valence-electron chi connectivity index (χ3n) is 6.41. The monoisotopic (exact) mass is 406 g/mol. The van der Waals surface area contributed by atoms with E-state index in [1.807, 2.05) is 53.4 Å². The van der Waals surface area contributed by atoms with Gasteiger partial charge in [0.05, 0.1) is 14.2 Å². The molecule has 4 rings (SSSR count). The summed E-state index contributed by atoms with van der Waals surface area (Å²) in [5.41, 5.74) is 3.02. The van der Waals surface area contributed by atoms with Crippen LogP contribution in [-0.2, 0) is 6.42 Å². The lowest BCUT2D eigenvalue weighted by Crippen LogP contribution is -2.41. The summed E-state index contributed by atoms with van der Waals surface area (Å²) < 4.78 is 10.8. The molecule has 2 aliphatic heterocycles. The van der Waals surface area contributed by atoms with Crippen molar-refractivity contribution < 1.29 is 14.3 Å². The van der Waals surface area contributed by atoms with Gasteiger partial charge in [-0.1, -0.05) is 24.3 Å². The Hall–Kier alpha value is -2.79. The van der Waals surface area contributed by atoms with E-state index in [2.05, 4.69) is 18.0 Å². The Morgan fingerprint density at radius 3 is 2.53 bits per heavy atom. The molecule has 0 spiro atoms. The van der Waals surface area contributed by atoms with E-state index in [0.29, 0.717) is 30.1 Å². The maximum absolute atomic E-state index is 13.4. The van der Waals surface area contributed by atoms with Gasteiger partial charge in [0.1, 0.15) is 0 Å². The molecular weight excluding hydrogens is 376 g/mol. The van der Waals surface area contributed by atoms with Crippen LogP contribution in [0, 0.1) is 0 Å². The van der Waals surface area contributed by atoms with Crippen molar-refractivity contribution in [2.75, 3.05) is 27.8 Å². The first kappa shape index (κ1) is 20.5. The second kappa shape index (κ2) is 8.92. The highest BCUT2D eigenvalue weighted by molar-refractivity contribution is 5.95. The molecule has 5 nitrogen and oxygen atoms in total. The molecule has 2 aromatic carbocycles. The van der Waals surface area contributed by atoms with E-state index in [4.69, 9.17) is 9.47 Å². The molecule has 158 valence electrons. The zero-order valence-electron chi connectivity index (χ0n) is 18.0. The Labute approximate surface area is 178 Å². The Bertz CT molecular complexity index is 925. The second-order valence-electron chi connectivity index (χ2n) is 8.09. The van der Waals surface area contributed by atoms with Crippen molar-refractivity contribution in [3.63, 3.8) is 0 Å². The van der Waals surface area contributed by atoms with Crippen molar-refractivity contribution in [1.82, 2.24) is 9.80 Å². The van der Waals surface area contributed by atoms with Crippen LogP contribution in [0.15, 0.2) is 60.3 Å². The predicted molar refractivity (Wildman–Crippen MR) is 118 cm³/mol. The molecule has 30 heavy (non-hydrogen) atoms. The highest BCUT2D eigenvalue weighted by Crippen LogP contribution is 2.35. The number of carbonyl (C=O) groups is 1. The fourth-order valence-corrected chi connectivity index (χ4v) is 4.61. The predicted octanol–water partition coefficient (Wildman–Crippen LogP) is 4.14. The fourth-order valence-electron chi connectivity index (χ4n) is 4.61. The lowest BCUT2D eigenvalue weighted by atomic mass is 10.0. The van der Waals surface area contributed by atoms with Gasteiger partial charge in [0.2, 0.25) is 0 Å². The van der Waals surface area contributed by atoms with Gasteiger partial charge in [-0.05, 0) is 62.2 Å². The molecule has 1 amide bonds. The number of nitrogens with zero attached hydrogens (tertiary/aromatic N) is 2. The minimum Gasteiger partial charge on any atom is -0.493 e. The van der Waals surface area contributed by atoms with E-state index in [1.54, 1.807) is 14.2 Å². The van der Waals surface area contributed by atoms with E-state index in [0.717, 1.165) is 29.7 Å². The summed E-state index contributed by atoms with van der Waals surface area (Å²) >= 11 is 0. The first-order valence-corrected chi connectivity index (χ1v) is 10.6. The Kier molecular flexibility index (Phi) is 6.09. The van der Waals surface area contributed by atoms with Gasteiger partial charge in [0, 0.05) is 36.3 Å². The number of methoxy groups -OCH3 is 2. The number of ether oxygens (including phenoxy) is 2. The maximum Gasteiger partial charge on any atom is 0.258 e. The normalized spacial score (nSPS) is 20.6. The number of hydrogen-bond donors (Lipinski definition) is 0. The van der Waals surface area contributed by atoms with E-state index >= 15 is 0 Å². The van der Waals surface area contributed by atoms with Crippen LogP contribution in [0.5, 0.6) is 11.5 Å². The van der Waals surface area contributed by atoms with Gasteiger partial charge in [-0.3, -0.25) is 9.69 Å². The highest BCUT2D eigenvalue weighted by atomic mass is 16.5. The molecule has 0 radical (unpaired) electrons. The minimum atomic E-state index is 0.0753. The Morgan fingerprint density at radius 2 is 1.83 bits per heavy atom. The average Bonchev–Trinajstić information content (AvgIpc) is 2.99. The van der Waals surface area contributed by atoms with Crippen LogP contribution >= 0.6 is 0 Å². The lowest BCUT2D eigenvalue weighted by molar-refractivity contribution is 0.0787. The number of fused-ring (bicyclic) bond motifs is 2. The molecule has 0 aliphatic carbocycles. The Morgan fingerprint density at radius 1 is 1.07 bits per heavy atom. The van der Waals surface area contributed by atoms with Gasteiger partial charge < -0.3 is 14.4 Å². The number of rotatable bonds is 7. The smallest absolute Gasteiger partial charge is 0.258 e. The molecule has 2 bridgehead atoms. The molecule has 2 aromatic rings. The molecule has 0 unspecified atom stereocenters. The molecule has 2 heterocycles. The lowest BCUT2D eigenvalue weighted by Gasteiger charge is -2.35. The molecule has 2 atom stereocenters. The standard InChI is InChI=1S/C25H30N2O3/c1-26-20-10-11-21(26)17-22(16-20)27(25(28)19-7-5-4-6-8-19)14-13-18-9-12-23(29-2)24(15-18)30-3/h4-9,12,15-16,20-21H,10-11,13-14,17H2,1-3H3/t20-,21+/m1/s1. The molecule has 5 heteroatoms. The van der Waals surface area contributed by atoms with Crippen LogP contribution in [0.1, 0.15) is 35.2 Å². The molecule has 0 N–H and O–H groups in total. The first-order chi connectivity index (χ1) is 14.6. The number of benzene rings is 2. The van der Waals surface area contributed by atoms with Crippen LogP contribution in [-0.4, -0.2) is 55.6 Å². The van der Waals surface area contributed by atoms with Crippen LogP contribution in [0.25, 0.3) is 0 Å². The molecule has 1 fully saturated rings. The quantitative estimate of drug-likeness (QED) is 0.693. The summed E-state index contributed by atoms with van der Waals surface area (Å²) in [4.78, 5) is 17.9. The van der Waals surface area contributed by atoms with E-state index < -0.39 is 0 Å². The maximum atomic E-state index is 13.4. The summed E-state index contributed by atoms with van der Waals surface area (Å²) in [7, 11) is 5.48. The van der Waals surface area contributed by atoms with E-state index in [-0.39, 0.29) is 5.91 Å². The van der Waals surface area contributed by atoms with E-state index in [1.165, 1.54) is 12.8 Å². The molecule has 1 saturated heterocycles.